The van der Waals surface area contributed by atoms with Gasteiger partial charge >= 0.3 is 0 Å². The van der Waals surface area contributed by atoms with Crippen molar-refractivity contribution < 1.29 is 9.84 Å². The summed E-state index contributed by atoms with van der Waals surface area (Å²) in [5.41, 5.74) is 1.01. The molecule has 1 aliphatic rings. The number of ether oxygens (including phenoxy) is 1. The highest BCUT2D eigenvalue weighted by molar-refractivity contribution is 5.26. The van der Waals surface area contributed by atoms with Gasteiger partial charge in [-0.15, -0.1) is 5.10 Å². The molecule has 2 aromatic rings. The molecule has 0 amide bonds. The molecule has 136 valence electrons. The third kappa shape index (κ3) is 4.08. The van der Waals surface area contributed by atoms with Gasteiger partial charge in [0.25, 0.3) is 0 Å². The average molecular weight is 346 g/mol. The van der Waals surface area contributed by atoms with Crippen LogP contribution in [0.5, 0.6) is 5.88 Å². The van der Waals surface area contributed by atoms with E-state index in [1.807, 2.05) is 31.1 Å². The molecule has 0 aromatic carbocycles. The Morgan fingerprint density at radius 3 is 2.96 bits per heavy atom. The Balaban J connectivity index is 1.53. The number of pyridine rings is 1. The molecular weight excluding hydrogens is 320 g/mol. The van der Waals surface area contributed by atoms with Crippen LogP contribution in [-0.4, -0.2) is 59.1 Å². The van der Waals surface area contributed by atoms with Crippen molar-refractivity contribution in [1.82, 2.24) is 25.5 Å². The number of aromatic amines is 1. The van der Waals surface area contributed by atoms with E-state index in [1.54, 1.807) is 13.3 Å². The van der Waals surface area contributed by atoms with Gasteiger partial charge in [-0.25, -0.2) is 4.98 Å². The molecule has 0 saturated heterocycles. The molecule has 0 aliphatic heterocycles. The lowest BCUT2D eigenvalue weighted by molar-refractivity contribution is 0.131. The van der Waals surface area contributed by atoms with Crippen molar-refractivity contribution >= 4 is 5.95 Å². The van der Waals surface area contributed by atoms with Crippen LogP contribution in [0.2, 0.25) is 0 Å². The van der Waals surface area contributed by atoms with E-state index in [-0.39, 0.29) is 17.9 Å². The van der Waals surface area contributed by atoms with Crippen LogP contribution < -0.4 is 15.0 Å². The van der Waals surface area contributed by atoms with Crippen molar-refractivity contribution in [2.45, 2.75) is 31.4 Å². The number of hydrogen-bond donors (Lipinski definition) is 3. The van der Waals surface area contributed by atoms with Crippen LogP contribution in [0.3, 0.4) is 0 Å². The molecule has 25 heavy (non-hydrogen) atoms. The summed E-state index contributed by atoms with van der Waals surface area (Å²) in [6.07, 6.45) is 2.99. The second kappa shape index (κ2) is 7.79. The molecule has 0 spiro atoms. The molecule has 2 heterocycles. The number of H-pyrrole nitrogens is 1. The third-order valence-corrected chi connectivity index (χ3v) is 4.70. The molecule has 8 heteroatoms. The Labute approximate surface area is 147 Å². The first-order chi connectivity index (χ1) is 12.1. The van der Waals surface area contributed by atoms with Crippen LogP contribution in [0, 0.1) is 5.92 Å². The summed E-state index contributed by atoms with van der Waals surface area (Å²) in [5, 5.41) is 21.0. The van der Waals surface area contributed by atoms with Gasteiger partial charge in [0.2, 0.25) is 11.8 Å². The molecule has 1 saturated carbocycles. The van der Waals surface area contributed by atoms with Crippen molar-refractivity contribution in [3.05, 3.63) is 29.7 Å². The molecule has 1 aliphatic carbocycles. The van der Waals surface area contributed by atoms with Gasteiger partial charge in [-0.2, -0.15) is 4.98 Å². The highest BCUT2D eigenvalue weighted by atomic mass is 16.5. The summed E-state index contributed by atoms with van der Waals surface area (Å²) >= 11 is 0. The van der Waals surface area contributed by atoms with Crippen LogP contribution in [0.15, 0.2) is 18.3 Å². The van der Waals surface area contributed by atoms with E-state index in [4.69, 9.17) is 4.74 Å². The van der Waals surface area contributed by atoms with E-state index in [1.165, 1.54) is 0 Å². The minimum absolute atomic E-state index is 0.195. The molecule has 0 unspecified atom stereocenters. The quantitative estimate of drug-likeness (QED) is 0.685. The standard InChI is InChI=1S/C17H26N6O2/c1-23(2)17-20-15(21-22-17)12-7-13(14(24)8-12)10-18-9-11-5-4-6-19-16(11)25-3/h4-6,12-14,18,24H,7-10H2,1-3H3,(H,20,21,22)/t12-,13+,14+/m0/s1. The van der Waals surface area contributed by atoms with Crippen molar-refractivity contribution in [3.63, 3.8) is 0 Å². The molecule has 0 bridgehead atoms. The second-order valence-corrected chi connectivity index (χ2v) is 6.71. The molecule has 3 N–H and O–H groups in total. The van der Waals surface area contributed by atoms with Gasteiger partial charge in [-0.1, -0.05) is 6.07 Å². The number of rotatable bonds is 7. The van der Waals surface area contributed by atoms with E-state index < -0.39 is 0 Å². The molecular formula is C17H26N6O2. The molecule has 3 rings (SSSR count). The van der Waals surface area contributed by atoms with Gasteiger partial charge in [0.15, 0.2) is 0 Å². The predicted octanol–water partition coefficient (Wildman–Crippen LogP) is 0.919. The highest BCUT2D eigenvalue weighted by Gasteiger charge is 2.35. The number of hydrogen-bond acceptors (Lipinski definition) is 7. The largest absolute Gasteiger partial charge is 0.481 e. The lowest BCUT2D eigenvalue weighted by atomic mass is 10.0. The summed E-state index contributed by atoms with van der Waals surface area (Å²) in [6, 6.07) is 3.89. The van der Waals surface area contributed by atoms with Crippen molar-refractivity contribution in [2.75, 3.05) is 32.6 Å². The van der Waals surface area contributed by atoms with Gasteiger partial charge in [0, 0.05) is 44.9 Å². The number of aromatic nitrogens is 4. The lowest BCUT2D eigenvalue weighted by Crippen LogP contribution is -2.27. The van der Waals surface area contributed by atoms with Gasteiger partial charge < -0.3 is 20.1 Å². The molecule has 3 atom stereocenters. The third-order valence-electron chi connectivity index (χ3n) is 4.70. The van der Waals surface area contributed by atoms with Gasteiger partial charge in [-0.3, -0.25) is 5.10 Å². The first-order valence-electron chi connectivity index (χ1n) is 8.54. The fourth-order valence-electron chi connectivity index (χ4n) is 3.33. The maximum atomic E-state index is 10.4. The van der Waals surface area contributed by atoms with Crippen LogP contribution in [0.25, 0.3) is 0 Å². The van der Waals surface area contributed by atoms with Crippen LogP contribution in [0.1, 0.15) is 30.1 Å². The molecule has 8 nitrogen and oxygen atoms in total. The minimum Gasteiger partial charge on any atom is -0.481 e. The second-order valence-electron chi connectivity index (χ2n) is 6.71. The maximum Gasteiger partial charge on any atom is 0.244 e. The summed E-state index contributed by atoms with van der Waals surface area (Å²) in [6.45, 7) is 1.41. The molecule has 1 fully saturated rings. The number of anilines is 1. The monoisotopic (exact) mass is 346 g/mol. The zero-order chi connectivity index (χ0) is 17.8. The number of nitrogens with zero attached hydrogens (tertiary/aromatic N) is 4. The average Bonchev–Trinajstić information content (AvgIpc) is 3.23. The van der Waals surface area contributed by atoms with E-state index >= 15 is 0 Å². The number of aliphatic hydroxyl groups is 1. The van der Waals surface area contributed by atoms with Gasteiger partial charge in [0.05, 0.1) is 13.2 Å². The first-order valence-corrected chi connectivity index (χ1v) is 8.54. The Morgan fingerprint density at radius 1 is 1.40 bits per heavy atom. The van der Waals surface area contributed by atoms with E-state index in [0.29, 0.717) is 24.8 Å². The van der Waals surface area contributed by atoms with E-state index in [0.717, 1.165) is 24.4 Å². The number of aliphatic hydroxyl groups excluding tert-OH is 1. The highest BCUT2D eigenvalue weighted by Crippen LogP contribution is 2.37. The normalized spacial score (nSPS) is 23.0. The number of nitrogens with one attached hydrogen (secondary N) is 2. The smallest absolute Gasteiger partial charge is 0.244 e. The Morgan fingerprint density at radius 2 is 2.24 bits per heavy atom. The zero-order valence-electron chi connectivity index (χ0n) is 14.9. The molecule has 2 aromatic heterocycles. The summed E-state index contributed by atoms with van der Waals surface area (Å²) < 4.78 is 5.26. The lowest BCUT2D eigenvalue weighted by Gasteiger charge is -2.15. The SMILES string of the molecule is COc1ncccc1CNC[C@H]1C[C@H](c2nc(N(C)C)n[nH]2)C[C@H]1O. The van der Waals surface area contributed by atoms with Crippen molar-refractivity contribution in [1.29, 1.82) is 0 Å². The van der Waals surface area contributed by atoms with Crippen LogP contribution in [-0.2, 0) is 6.54 Å². The predicted molar refractivity (Wildman–Crippen MR) is 94.7 cm³/mol. The number of methoxy groups -OCH3 is 1. The van der Waals surface area contributed by atoms with Crippen LogP contribution in [0.4, 0.5) is 5.95 Å². The summed E-state index contributed by atoms with van der Waals surface area (Å²) in [7, 11) is 5.45. The Bertz CT molecular complexity index is 689. The minimum atomic E-state index is -0.332. The zero-order valence-corrected chi connectivity index (χ0v) is 14.9. The van der Waals surface area contributed by atoms with Gasteiger partial charge in [-0.05, 0) is 24.8 Å². The summed E-state index contributed by atoms with van der Waals surface area (Å²) in [5.74, 6) is 2.59. The van der Waals surface area contributed by atoms with Gasteiger partial charge in [0.1, 0.15) is 5.82 Å². The fraction of sp³-hybridized carbons (Fsp3) is 0.588. The molecule has 0 radical (unpaired) electrons. The van der Waals surface area contributed by atoms with Crippen LogP contribution >= 0.6 is 0 Å². The van der Waals surface area contributed by atoms with E-state index in [9.17, 15) is 5.11 Å². The maximum absolute atomic E-state index is 10.4. The Hall–Kier alpha value is -2.19. The summed E-state index contributed by atoms with van der Waals surface area (Å²) in [4.78, 5) is 10.6. The van der Waals surface area contributed by atoms with E-state index in [2.05, 4.69) is 25.5 Å². The van der Waals surface area contributed by atoms with Crippen molar-refractivity contribution in [2.24, 2.45) is 5.92 Å². The fourth-order valence-corrected chi connectivity index (χ4v) is 3.33. The topological polar surface area (TPSA) is 99.2 Å². The Kier molecular flexibility index (Phi) is 5.50. The van der Waals surface area contributed by atoms with Crippen molar-refractivity contribution in [3.8, 4) is 5.88 Å². The first kappa shape index (κ1) is 17.6.